The van der Waals surface area contributed by atoms with Gasteiger partial charge in [0.2, 0.25) is 5.95 Å². The number of benzene rings is 1. The molecule has 0 aliphatic heterocycles. The normalized spacial score (nSPS) is 11.1. The monoisotopic (exact) mass is 313 g/mol. The van der Waals surface area contributed by atoms with Crippen LogP contribution in [0.3, 0.4) is 0 Å². The van der Waals surface area contributed by atoms with E-state index in [2.05, 4.69) is 15.0 Å². The summed E-state index contributed by atoms with van der Waals surface area (Å²) in [6.07, 6.45) is -4.01. The van der Waals surface area contributed by atoms with Crippen molar-refractivity contribution in [1.82, 2.24) is 9.97 Å². The maximum absolute atomic E-state index is 12.4. The van der Waals surface area contributed by atoms with Crippen molar-refractivity contribution < 1.29 is 27.5 Å². The van der Waals surface area contributed by atoms with Gasteiger partial charge in [-0.3, -0.25) is 10.1 Å². The topological polar surface area (TPSA) is 84.1 Å². The first-order chi connectivity index (χ1) is 10.3. The zero-order chi connectivity index (χ0) is 16.3. The first-order valence-corrected chi connectivity index (χ1v) is 5.93. The van der Waals surface area contributed by atoms with Gasteiger partial charge in [-0.2, -0.15) is 13.2 Å². The molecule has 2 aromatic rings. The fourth-order valence-corrected chi connectivity index (χ4v) is 1.61. The van der Waals surface area contributed by atoms with Gasteiger partial charge in [0.1, 0.15) is 5.69 Å². The van der Waals surface area contributed by atoms with E-state index in [1.165, 1.54) is 31.4 Å². The Hall–Kier alpha value is -2.84. The van der Waals surface area contributed by atoms with E-state index in [1.807, 2.05) is 4.98 Å². The Balaban J connectivity index is 2.16. The van der Waals surface area contributed by atoms with Gasteiger partial charge in [-0.05, 0) is 18.2 Å². The predicted molar refractivity (Wildman–Crippen MR) is 69.3 cm³/mol. The van der Waals surface area contributed by atoms with Crippen molar-refractivity contribution >= 4 is 17.8 Å². The maximum atomic E-state index is 12.4. The number of imidazole rings is 1. The van der Waals surface area contributed by atoms with Crippen molar-refractivity contribution in [2.24, 2.45) is 0 Å². The minimum Gasteiger partial charge on any atom is -0.465 e. The van der Waals surface area contributed by atoms with Crippen LogP contribution in [0.5, 0.6) is 0 Å². The fraction of sp³-hybridized carbons (Fsp3) is 0.154. The van der Waals surface area contributed by atoms with Crippen molar-refractivity contribution in [2.75, 3.05) is 12.4 Å². The molecule has 1 aromatic heterocycles. The summed E-state index contributed by atoms with van der Waals surface area (Å²) in [6.45, 7) is 0. The van der Waals surface area contributed by atoms with E-state index < -0.39 is 23.7 Å². The molecule has 1 amide bonds. The molecule has 0 radical (unpaired) electrons. The second-order valence-electron chi connectivity index (χ2n) is 4.17. The molecule has 1 aromatic carbocycles. The Bertz CT molecular complexity index is 710. The number of amides is 1. The Morgan fingerprint density at radius 1 is 1.27 bits per heavy atom. The van der Waals surface area contributed by atoms with Crippen LogP contribution in [0.2, 0.25) is 0 Å². The first-order valence-electron chi connectivity index (χ1n) is 5.93. The van der Waals surface area contributed by atoms with E-state index in [0.717, 1.165) is 0 Å². The molecule has 6 nitrogen and oxygen atoms in total. The van der Waals surface area contributed by atoms with Crippen molar-refractivity contribution in [1.29, 1.82) is 0 Å². The number of anilines is 1. The largest absolute Gasteiger partial charge is 0.465 e. The number of carbonyl (C=O) groups is 2. The van der Waals surface area contributed by atoms with Gasteiger partial charge in [0.25, 0.3) is 5.91 Å². The molecular weight excluding hydrogens is 303 g/mol. The van der Waals surface area contributed by atoms with Crippen LogP contribution in [0, 0.1) is 0 Å². The summed E-state index contributed by atoms with van der Waals surface area (Å²) in [5.41, 5.74) is -0.857. The second kappa shape index (κ2) is 5.88. The van der Waals surface area contributed by atoms with Gasteiger partial charge in [-0.25, -0.2) is 9.78 Å². The molecule has 0 bridgehead atoms. The number of H-pyrrole nitrogens is 1. The van der Waals surface area contributed by atoms with E-state index in [9.17, 15) is 22.8 Å². The van der Waals surface area contributed by atoms with Crippen molar-refractivity contribution in [3.8, 4) is 0 Å². The SMILES string of the molecule is COC(=O)c1cccc(C(=O)Nc2ncc(C(F)(F)F)[nH]2)c1. The third-order valence-corrected chi connectivity index (χ3v) is 2.66. The van der Waals surface area contributed by atoms with Crippen LogP contribution in [-0.2, 0) is 10.9 Å². The van der Waals surface area contributed by atoms with Gasteiger partial charge in [0, 0.05) is 5.56 Å². The van der Waals surface area contributed by atoms with Crippen LogP contribution < -0.4 is 5.32 Å². The summed E-state index contributed by atoms with van der Waals surface area (Å²) in [5, 5.41) is 2.18. The number of aromatic nitrogens is 2. The Kier molecular flexibility index (Phi) is 4.15. The number of carbonyl (C=O) groups excluding carboxylic acids is 2. The van der Waals surface area contributed by atoms with Gasteiger partial charge >= 0.3 is 12.1 Å². The number of aromatic amines is 1. The number of nitrogens with zero attached hydrogens (tertiary/aromatic N) is 1. The summed E-state index contributed by atoms with van der Waals surface area (Å²) < 4.78 is 41.7. The Labute approximate surface area is 122 Å². The molecule has 0 unspecified atom stereocenters. The molecule has 2 rings (SSSR count). The summed E-state index contributed by atoms with van der Waals surface area (Å²) in [7, 11) is 1.19. The van der Waals surface area contributed by atoms with Crippen LogP contribution in [0.1, 0.15) is 26.4 Å². The molecule has 22 heavy (non-hydrogen) atoms. The Morgan fingerprint density at radius 2 is 1.95 bits per heavy atom. The number of hydrogen-bond donors (Lipinski definition) is 2. The smallest absolute Gasteiger partial charge is 0.432 e. The molecule has 9 heteroatoms. The third-order valence-electron chi connectivity index (χ3n) is 2.66. The first kappa shape index (κ1) is 15.5. The molecule has 0 aliphatic carbocycles. The molecule has 0 saturated heterocycles. The lowest BCUT2D eigenvalue weighted by atomic mass is 10.1. The number of rotatable bonds is 3. The van der Waals surface area contributed by atoms with E-state index in [4.69, 9.17) is 0 Å². The molecule has 2 N–H and O–H groups in total. The number of esters is 1. The quantitative estimate of drug-likeness (QED) is 0.853. The van der Waals surface area contributed by atoms with Crippen LogP contribution in [0.25, 0.3) is 0 Å². The number of hydrogen-bond acceptors (Lipinski definition) is 4. The van der Waals surface area contributed by atoms with Gasteiger partial charge in [-0.15, -0.1) is 0 Å². The highest BCUT2D eigenvalue weighted by atomic mass is 19.4. The van der Waals surface area contributed by atoms with Gasteiger partial charge in [-0.1, -0.05) is 6.07 Å². The lowest BCUT2D eigenvalue weighted by Crippen LogP contribution is -2.14. The summed E-state index contributed by atoms with van der Waals surface area (Å²) in [4.78, 5) is 28.7. The van der Waals surface area contributed by atoms with Crippen LogP contribution >= 0.6 is 0 Å². The van der Waals surface area contributed by atoms with Crippen LogP contribution in [0.4, 0.5) is 19.1 Å². The van der Waals surface area contributed by atoms with Gasteiger partial charge in [0.05, 0.1) is 18.9 Å². The highest BCUT2D eigenvalue weighted by molar-refractivity contribution is 6.04. The molecule has 0 saturated carbocycles. The standard InChI is InChI=1S/C13H10F3N3O3/c1-22-11(21)8-4-2-3-7(5-8)10(20)19-12-17-6-9(18-12)13(14,15)16/h2-6H,1H3,(H2,17,18,19,20). The van der Waals surface area contributed by atoms with Gasteiger partial charge < -0.3 is 9.72 Å². The van der Waals surface area contributed by atoms with E-state index in [-0.39, 0.29) is 17.1 Å². The summed E-state index contributed by atoms with van der Waals surface area (Å²) in [6, 6.07) is 5.55. The lowest BCUT2D eigenvalue weighted by Gasteiger charge is -2.05. The van der Waals surface area contributed by atoms with Crippen LogP contribution in [0.15, 0.2) is 30.5 Å². The number of alkyl halides is 3. The number of methoxy groups -OCH3 is 1. The van der Waals surface area contributed by atoms with E-state index >= 15 is 0 Å². The molecule has 0 aliphatic rings. The van der Waals surface area contributed by atoms with E-state index in [0.29, 0.717) is 6.20 Å². The maximum Gasteiger partial charge on any atom is 0.432 e. The molecular formula is C13H10F3N3O3. The van der Waals surface area contributed by atoms with Gasteiger partial charge in [0.15, 0.2) is 0 Å². The van der Waals surface area contributed by atoms with Crippen LogP contribution in [-0.4, -0.2) is 29.0 Å². The van der Waals surface area contributed by atoms with E-state index in [1.54, 1.807) is 0 Å². The average molecular weight is 313 g/mol. The minimum absolute atomic E-state index is 0.0767. The highest BCUT2D eigenvalue weighted by Crippen LogP contribution is 2.28. The summed E-state index contributed by atoms with van der Waals surface area (Å²) >= 11 is 0. The minimum atomic E-state index is -4.58. The molecule has 0 atom stereocenters. The predicted octanol–water partition coefficient (Wildman–Crippen LogP) is 2.47. The fourth-order valence-electron chi connectivity index (χ4n) is 1.61. The van der Waals surface area contributed by atoms with Crippen molar-refractivity contribution in [3.05, 3.63) is 47.3 Å². The zero-order valence-corrected chi connectivity index (χ0v) is 11.2. The Morgan fingerprint density at radius 3 is 2.55 bits per heavy atom. The van der Waals surface area contributed by atoms with Crippen molar-refractivity contribution in [3.63, 3.8) is 0 Å². The van der Waals surface area contributed by atoms with Crippen molar-refractivity contribution in [2.45, 2.75) is 6.18 Å². The molecule has 116 valence electrons. The highest BCUT2D eigenvalue weighted by Gasteiger charge is 2.33. The summed E-state index contributed by atoms with van der Waals surface area (Å²) in [5.74, 6) is -1.69. The molecule has 1 heterocycles. The zero-order valence-electron chi connectivity index (χ0n) is 11.2. The lowest BCUT2D eigenvalue weighted by molar-refractivity contribution is -0.140. The molecule has 0 fully saturated rings. The number of nitrogens with one attached hydrogen (secondary N) is 2. The number of halogens is 3. The number of ether oxygens (including phenoxy) is 1. The molecule has 0 spiro atoms. The average Bonchev–Trinajstić information content (AvgIpc) is 2.95. The third kappa shape index (κ3) is 3.43. The second-order valence-corrected chi connectivity index (χ2v) is 4.17.